The Morgan fingerprint density at radius 1 is 1.15 bits per heavy atom. The summed E-state index contributed by atoms with van der Waals surface area (Å²) in [6.07, 6.45) is -4.41. The van der Waals surface area contributed by atoms with Gasteiger partial charge in [-0.05, 0) is 6.07 Å². The van der Waals surface area contributed by atoms with Gasteiger partial charge in [-0.3, -0.25) is 0 Å². The summed E-state index contributed by atoms with van der Waals surface area (Å²) < 4.78 is 64.1. The van der Waals surface area contributed by atoms with Crippen molar-refractivity contribution in [1.82, 2.24) is 0 Å². The van der Waals surface area contributed by atoms with Gasteiger partial charge in [0.2, 0.25) is 0 Å². The van der Waals surface area contributed by atoms with E-state index in [0.717, 1.165) is 6.07 Å². The molecule has 0 aliphatic heterocycles. The predicted molar refractivity (Wildman–Crippen MR) is 68.0 cm³/mol. The molecule has 0 saturated heterocycles. The van der Waals surface area contributed by atoms with E-state index in [2.05, 4.69) is 20.7 Å². The van der Waals surface area contributed by atoms with Gasteiger partial charge in [0.05, 0.1) is 25.7 Å². The van der Waals surface area contributed by atoms with E-state index in [1.54, 1.807) is 0 Å². The molecule has 0 N–H and O–H groups in total. The van der Waals surface area contributed by atoms with Crippen molar-refractivity contribution >= 4 is 15.9 Å². The number of alkyl halides is 4. The van der Waals surface area contributed by atoms with Crippen molar-refractivity contribution in [1.29, 1.82) is 0 Å². The zero-order chi connectivity index (χ0) is 15.3. The molecule has 1 atom stereocenters. The van der Waals surface area contributed by atoms with Gasteiger partial charge in [0.15, 0.2) is 11.5 Å². The van der Waals surface area contributed by atoms with Crippen LogP contribution in [0.5, 0.6) is 11.5 Å². The SMILES string of the molecule is COc1cc(F)c(C(Br)COCC(F)(F)F)cc1OC. The second-order valence-corrected chi connectivity index (χ2v) is 4.93. The van der Waals surface area contributed by atoms with Gasteiger partial charge in [-0.25, -0.2) is 4.39 Å². The van der Waals surface area contributed by atoms with E-state index >= 15 is 0 Å². The Morgan fingerprint density at radius 3 is 2.20 bits per heavy atom. The minimum absolute atomic E-state index is 0.129. The topological polar surface area (TPSA) is 27.7 Å². The predicted octanol–water partition coefficient (Wildman–Crippen LogP) is 3.86. The first-order chi connectivity index (χ1) is 9.28. The fourth-order valence-electron chi connectivity index (χ4n) is 1.48. The van der Waals surface area contributed by atoms with E-state index in [1.165, 1.54) is 20.3 Å². The van der Waals surface area contributed by atoms with Crippen LogP contribution in [0, 0.1) is 5.82 Å². The highest BCUT2D eigenvalue weighted by molar-refractivity contribution is 9.09. The van der Waals surface area contributed by atoms with Crippen LogP contribution in [0.1, 0.15) is 10.4 Å². The first-order valence-electron chi connectivity index (χ1n) is 5.48. The van der Waals surface area contributed by atoms with Gasteiger partial charge in [0.25, 0.3) is 0 Å². The summed E-state index contributed by atoms with van der Waals surface area (Å²) in [4.78, 5) is -0.732. The average molecular weight is 361 g/mol. The first kappa shape index (κ1) is 17.0. The Hall–Kier alpha value is -1.02. The van der Waals surface area contributed by atoms with E-state index in [9.17, 15) is 17.6 Å². The molecule has 1 rings (SSSR count). The molecular formula is C12H13BrF4O3. The van der Waals surface area contributed by atoms with Crippen molar-refractivity contribution in [3.8, 4) is 11.5 Å². The smallest absolute Gasteiger partial charge is 0.411 e. The van der Waals surface area contributed by atoms with Crippen LogP contribution in [-0.2, 0) is 4.74 Å². The molecule has 114 valence electrons. The van der Waals surface area contributed by atoms with Gasteiger partial charge in [0, 0.05) is 11.6 Å². The molecule has 0 aromatic heterocycles. The van der Waals surface area contributed by atoms with Crippen LogP contribution in [0.15, 0.2) is 12.1 Å². The minimum Gasteiger partial charge on any atom is -0.493 e. The summed E-state index contributed by atoms with van der Waals surface area (Å²) in [5, 5.41) is 0. The average Bonchev–Trinajstić information content (AvgIpc) is 2.36. The molecule has 0 radical (unpaired) electrons. The maximum atomic E-state index is 13.8. The summed E-state index contributed by atoms with van der Waals surface area (Å²) >= 11 is 3.09. The lowest BCUT2D eigenvalue weighted by Crippen LogP contribution is -2.18. The highest BCUT2D eigenvalue weighted by Gasteiger charge is 2.28. The number of rotatable bonds is 6. The van der Waals surface area contributed by atoms with Gasteiger partial charge < -0.3 is 14.2 Å². The molecule has 0 heterocycles. The maximum absolute atomic E-state index is 13.8. The summed E-state index contributed by atoms with van der Waals surface area (Å²) in [5.74, 6) is -0.144. The summed E-state index contributed by atoms with van der Waals surface area (Å²) in [6.45, 7) is -1.71. The van der Waals surface area contributed by atoms with Crippen LogP contribution >= 0.6 is 15.9 Å². The number of ether oxygens (including phenoxy) is 3. The number of hydrogen-bond acceptors (Lipinski definition) is 3. The van der Waals surface area contributed by atoms with Crippen LogP contribution in [0.2, 0.25) is 0 Å². The highest BCUT2D eigenvalue weighted by Crippen LogP contribution is 2.35. The number of hydrogen-bond donors (Lipinski definition) is 0. The van der Waals surface area contributed by atoms with Crippen molar-refractivity contribution < 1.29 is 31.8 Å². The molecular weight excluding hydrogens is 348 g/mol. The van der Waals surface area contributed by atoms with Gasteiger partial charge in [-0.1, -0.05) is 15.9 Å². The van der Waals surface area contributed by atoms with Crippen molar-refractivity contribution in [2.24, 2.45) is 0 Å². The van der Waals surface area contributed by atoms with Crippen molar-refractivity contribution in [2.45, 2.75) is 11.0 Å². The molecule has 0 saturated carbocycles. The zero-order valence-electron chi connectivity index (χ0n) is 10.8. The molecule has 0 amide bonds. The quantitative estimate of drug-likeness (QED) is 0.569. The third kappa shape index (κ3) is 4.82. The third-order valence-electron chi connectivity index (χ3n) is 2.37. The molecule has 1 aromatic carbocycles. The van der Waals surface area contributed by atoms with E-state index in [0.29, 0.717) is 0 Å². The largest absolute Gasteiger partial charge is 0.493 e. The summed E-state index contributed by atoms with van der Waals surface area (Å²) in [5.41, 5.74) is 0.129. The van der Waals surface area contributed by atoms with E-state index in [-0.39, 0.29) is 23.7 Å². The lowest BCUT2D eigenvalue weighted by molar-refractivity contribution is -0.173. The Morgan fingerprint density at radius 2 is 1.70 bits per heavy atom. The molecule has 0 aliphatic rings. The lowest BCUT2D eigenvalue weighted by Gasteiger charge is -2.15. The van der Waals surface area contributed by atoms with E-state index in [4.69, 9.17) is 9.47 Å². The van der Waals surface area contributed by atoms with Gasteiger partial charge in [-0.2, -0.15) is 13.2 Å². The molecule has 0 bridgehead atoms. The molecule has 0 spiro atoms. The molecule has 0 aliphatic carbocycles. The first-order valence-corrected chi connectivity index (χ1v) is 6.40. The van der Waals surface area contributed by atoms with Crippen molar-refractivity contribution in [3.05, 3.63) is 23.5 Å². The zero-order valence-corrected chi connectivity index (χ0v) is 12.3. The fraction of sp³-hybridized carbons (Fsp3) is 0.500. The Balaban J connectivity index is 2.79. The third-order valence-corrected chi connectivity index (χ3v) is 3.13. The second kappa shape index (κ2) is 7.12. The molecule has 20 heavy (non-hydrogen) atoms. The summed E-state index contributed by atoms with van der Waals surface area (Å²) in [7, 11) is 2.73. The molecule has 8 heteroatoms. The Kier molecular flexibility index (Phi) is 6.07. The number of benzene rings is 1. The van der Waals surface area contributed by atoms with Crippen molar-refractivity contribution in [3.63, 3.8) is 0 Å². The normalized spacial score (nSPS) is 13.2. The fourth-order valence-corrected chi connectivity index (χ4v) is 2.02. The van der Waals surface area contributed by atoms with Gasteiger partial charge >= 0.3 is 6.18 Å². The lowest BCUT2D eigenvalue weighted by atomic mass is 10.1. The van der Waals surface area contributed by atoms with Crippen LogP contribution in [0.3, 0.4) is 0 Å². The maximum Gasteiger partial charge on any atom is 0.411 e. The minimum atomic E-state index is -4.41. The second-order valence-electron chi connectivity index (χ2n) is 3.83. The van der Waals surface area contributed by atoms with Crippen LogP contribution in [-0.4, -0.2) is 33.6 Å². The molecule has 3 nitrogen and oxygen atoms in total. The summed E-state index contributed by atoms with van der Waals surface area (Å²) in [6, 6.07) is 2.46. The molecule has 1 unspecified atom stereocenters. The van der Waals surface area contributed by atoms with Crippen LogP contribution in [0.25, 0.3) is 0 Å². The van der Waals surface area contributed by atoms with Crippen LogP contribution < -0.4 is 9.47 Å². The Labute approximate surface area is 121 Å². The van der Waals surface area contributed by atoms with Gasteiger partial charge in [-0.15, -0.1) is 0 Å². The monoisotopic (exact) mass is 360 g/mol. The number of halogens is 5. The van der Waals surface area contributed by atoms with E-state index < -0.39 is 23.4 Å². The molecule has 1 aromatic rings. The van der Waals surface area contributed by atoms with E-state index in [1.807, 2.05) is 0 Å². The standard InChI is InChI=1S/C12H13BrF4O3/c1-18-10-3-7(9(14)4-11(10)19-2)8(13)5-20-6-12(15,16)17/h3-4,8H,5-6H2,1-2H3. The molecule has 0 fully saturated rings. The Bertz CT molecular complexity index is 451. The van der Waals surface area contributed by atoms with Crippen molar-refractivity contribution in [2.75, 3.05) is 27.4 Å². The van der Waals surface area contributed by atoms with Gasteiger partial charge in [0.1, 0.15) is 12.4 Å². The number of methoxy groups -OCH3 is 2. The highest BCUT2D eigenvalue weighted by atomic mass is 79.9. The van der Waals surface area contributed by atoms with Crippen LogP contribution in [0.4, 0.5) is 17.6 Å².